The highest BCUT2D eigenvalue weighted by molar-refractivity contribution is 7.97. The number of imidazole rings is 1. The third-order valence-electron chi connectivity index (χ3n) is 4.18. The lowest BCUT2D eigenvalue weighted by molar-refractivity contribution is -0.122. The first-order valence-corrected chi connectivity index (χ1v) is 9.56. The van der Waals surface area contributed by atoms with Gasteiger partial charge in [0.05, 0.1) is 29.5 Å². The molecule has 7 heteroatoms. The van der Waals surface area contributed by atoms with Gasteiger partial charge in [0.1, 0.15) is 12.4 Å². The van der Waals surface area contributed by atoms with Crippen LogP contribution in [-0.4, -0.2) is 66.0 Å². The van der Waals surface area contributed by atoms with Gasteiger partial charge in [-0.25, -0.2) is 4.98 Å². The monoisotopic (exact) mass is 348 g/mol. The Morgan fingerprint density at radius 1 is 1.46 bits per heavy atom. The zero-order valence-electron chi connectivity index (χ0n) is 14.2. The standard InChI is InChI=1S/C17H24N4O2S/c1-20-7-8-23-13(10-20)9-18-17(22)11-21-15-6-4-3-5-14(15)19-16(21)12-24-2/h3-6,13H,7-12H2,1-2H3,(H,18,22)/t13-/m1/s1. The Balaban J connectivity index is 1.65. The van der Waals surface area contributed by atoms with Gasteiger partial charge in [-0.2, -0.15) is 11.8 Å². The van der Waals surface area contributed by atoms with Crippen LogP contribution < -0.4 is 5.32 Å². The maximum absolute atomic E-state index is 12.4. The molecule has 1 fully saturated rings. The van der Waals surface area contributed by atoms with Crippen molar-refractivity contribution in [3.8, 4) is 0 Å². The van der Waals surface area contributed by atoms with Crippen molar-refractivity contribution in [2.45, 2.75) is 18.4 Å². The molecule has 1 atom stereocenters. The lowest BCUT2D eigenvalue weighted by Crippen LogP contribution is -2.46. The second-order valence-electron chi connectivity index (χ2n) is 6.10. The normalized spacial score (nSPS) is 18.8. The molecular weight excluding hydrogens is 324 g/mol. The zero-order valence-corrected chi connectivity index (χ0v) is 15.0. The van der Waals surface area contributed by atoms with E-state index in [1.807, 2.05) is 35.1 Å². The number of nitrogens with one attached hydrogen (secondary N) is 1. The molecule has 3 rings (SSSR count). The van der Waals surface area contributed by atoms with Crippen LogP contribution in [-0.2, 0) is 21.8 Å². The first-order chi connectivity index (χ1) is 11.7. The lowest BCUT2D eigenvalue weighted by atomic mass is 10.3. The molecule has 0 bridgehead atoms. The number of carbonyl (C=O) groups is 1. The Morgan fingerprint density at radius 3 is 3.08 bits per heavy atom. The number of rotatable bonds is 6. The Kier molecular flexibility index (Phi) is 5.76. The van der Waals surface area contributed by atoms with Crippen LogP contribution in [0.3, 0.4) is 0 Å². The number of likely N-dealkylation sites (N-methyl/N-ethyl adjacent to an activating group) is 1. The van der Waals surface area contributed by atoms with Crippen LogP contribution in [0.25, 0.3) is 11.0 Å². The molecule has 1 aromatic carbocycles. The molecule has 0 radical (unpaired) electrons. The number of aromatic nitrogens is 2. The van der Waals surface area contributed by atoms with E-state index in [2.05, 4.69) is 22.2 Å². The minimum absolute atomic E-state index is 0.00247. The van der Waals surface area contributed by atoms with Crippen LogP contribution in [0.2, 0.25) is 0 Å². The van der Waals surface area contributed by atoms with Crippen molar-refractivity contribution in [1.29, 1.82) is 0 Å². The molecule has 1 amide bonds. The second kappa shape index (κ2) is 8.00. The summed E-state index contributed by atoms with van der Waals surface area (Å²) in [6.45, 7) is 3.36. The average Bonchev–Trinajstić information content (AvgIpc) is 2.91. The van der Waals surface area contributed by atoms with Gasteiger partial charge in [0, 0.05) is 19.6 Å². The van der Waals surface area contributed by atoms with E-state index in [0.717, 1.165) is 42.3 Å². The lowest BCUT2D eigenvalue weighted by Gasteiger charge is -2.30. The van der Waals surface area contributed by atoms with Crippen molar-refractivity contribution in [2.24, 2.45) is 0 Å². The van der Waals surface area contributed by atoms with Gasteiger partial charge < -0.3 is 19.5 Å². The molecule has 0 spiro atoms. The fourth-order valence-electron chi connectivity index (χ4n) is 2.96. The predicted octanol–water partition coefficient (Wildman–Crippen LogP) is 1.35. The largest absolute Gasteiger partial charge is 0.374 e. The number of carbonyl (C=O) groups excluding carboxylic acids is 1. The molecule has 1 aliphatic heterocycles. The van der Waals surface area contributed by atoms with Crippen molar-refractivity contribution in [2.75, 3.05) is 39.5 Å². The van der Waals surface area contributed by atoms with Crippen molar-refractivity contribution < 1.29 is 9.53 Å². The average molecular weight is 348 g/mol. The van der Waals surface area contributed by atoms with Crippen LogP contribution in [0.4, 0.5) is 0 Å². The van der Waals surface area contributed by atoms with Gasteiger partial charge in [0.2, 0.25) is 5.91 Å². The second-order valence-corrected chi connectivity index (χ2v) is 6.96. The number of morpholine rings is 1. The predicted molar refractivity (Wildman–Crippen MR) is 97.2 cm³/mol. The number of nitrogens with zero attached hydrogens (tertiary/aromatic N) is 3. The molecular formula is C17H24N4O2S. The highest BCUT2D eigenvalue weighted by atomic mass is 32.2. The first kappa shape index (κ1) is 17.3. The van der Waals surface area contributed by atoms with Gasteiger partial charge in [-0.3, -0.25) is 4.79 Å². The number of para-hydroxylation sites is 2. The van der Waals surface area contributed by atoms with Crippen LogP contribution in [0, 0.1) is 0 Å². The quantitative estimate of drug-likeness (QED) is 0.854. The maximum Gasteiger partial charge on any atom is 0.240 e. The van der Waals surface area contributed by atoms with Gasteiger partial charge in [0.25, 0.3) is 0 Å². The SMILES string of the molecule is CSCc1nc2ccccc2n1CC(=O)NC[C@@H]1CN(C)CCO1. The van der Waals surface area contributed by atoms with E-state index >= 15 is 0 Å². The minimum Gasteiger partial charge on any atom is -0.374 e. The number of hydrogen-bond acceptors (Lipinski definition) is 5. The number of thioether (sulfide) groups is 1. The van der Waals surface area contributed by atoms with E-state index in [0.29, 0.717) is 13.1 Å². The van der Waals surface area contributed by atoms with Crippen LogP contribution in [0.1, 0.15) is 5.82 Å². The van der Waals surface area contributed by atoms with E-state index in [9.17, 15) is 4.79 Å². The van der Waals surface area contributed by atoms with Crippen LogP contribution in [0.5, 0.6) is 0 Å². The summed E-state index contributed by atoms with van der Waals surface area (Å²) in [5.41, 5.74) is 1.94. The van der Waals surface area contributed by atoms with Gasteiger partial charge in [0.15, 0.2) is 0 Å². The molecule has 1 N–H and O–H groups in total. The third-order valence-corrected chi connectivity index (χ3v) is 4.72. The molecule has 1 saturated heterocycles. The fraction of sp³-hybridized carbons (Fsp3) is 0.529. The van der Waals surface area contributed by atoms with E-state index < -0.39 is 0 Å². The Bertz CT molecular complexity index is 703. The fourth-order valence-corrected chi connectivity index (χ4v) is 3.44. The van der Waals surface area contributed by atoms with Crippen LogP contribution in [0.15, 0.2) is 24.3 Å². The molecule has 0 unspecified atom stereocenters. The van der Waals surface area contributed by atoms with Crippen molar-refractivity contribution in [1.82, 2.24) is 19.8 Å². The first-order valence-electron chi connectivity index (χ1n) is 8.17. The number of fused-ring (bicyclic) bond motifs is 1. The summed E-state index contributed by atoms with van der Waals surface area (Å²) < 4.78 is 7.70. The molecule has 2 heterocycles. The van der Waals surface area contributed by atoms with Gasteiger partial charge in [-0.15, -0.1) is 0 Å². The van der Waals surface area contributed by atoms with E-state index in [-0.39, 0.29) is 12.0 Å². The van der Waals surface area contributed by atoms with Gasteiger partial charge in [-0.1, -0.05) is 12.1 Å². The summed E-state index contributed by atoms with van der Waals surface area (Å²) in [6, 6.07) is 7.95. The summed E-state index contributed by atoms with van der Waals surface area (Å²) in [5, 5.41) is 3.00. The van der Waals surface area contributed by atoms with Crippen molar-refractivity contribution in [3.63, 3.8) is 0 Å². The van der Waals surface area contributed by atoms with Crippen molar-refractivity contribution >= 4 is 28.7 Å². The molecule has 6 nitrogen and oxygen atoms in total. The topological polar surface area (TPSA) is 59.4 Å². The molecule has 24 heavy (non-hydrogen) atoms. The molecule has 1 aliphatic rings. The van der Waals surface area contributed by atoms with Crippen molar-refractivity contribution in [3.05, 3.63) is 30.1 Å². The highest BCUT2D eigenvalue weighted by Crippen LogP contribution is 2.18. The van der Waals surface area contributed by atoms with Gasteiger partial charge in [-0.05, 0) is 25.4 Å². The summed E-state index contributed by atoms with van der Waals surface area (Å²) >= 11 is 1.71. The number of hydrogen-bond donors (Lipinski definition) is 1. The highest BCUT2D eigenvalue weighted by Gasteiger charge is 2.19. The third kappa shape index (κ3) is 4.09. The molecule has 0 saturated carbocycles. The molecule has 130 valence electrons. The Labute approximate surface area is 146 Å². The van der Waals surface area contributed by atoms with Gasteiger partial charge >= 0.3 is 0 Å². The summed E-state index contributed by atoms with van der Waals surface area (Å²) in [6.07, 6.45) is 2.11. The van der Waals surface area contributed by atoms with Crippen LogP contribution >= 0.6 is 11.8 Å². The summed E-state index contributed by atoms with van der Waals surface area (Å²) in [5.74, 6) is 1.73. The van der Waals surface area contributed by atoms with E-state index in [1.165, 1.54) is 0 Å². The number of amides is 1. The Hall–Kier alpha value is -1.57. The zero-order chi connectivity index (χ0) is 16.9. The summed E-state index contributed by atoms with van der Waals surface area (Å²) in [7, 11) is 2.07. The number of ether oxygens (including phenoxy) is 1. The summed E-state index contributed by atoms with van der Waals surface area (Å²) in [4.78, 5) is 19.3. The Morgan fingerprint density at radius 2 is 2.29 bits per heavy atom. The number of benzene rings is 1. The molecule has 1 aromatic heterocycles. The van der Waals surface area contributed by atoms with E-state index in [4.69, 9.17) is 4.74 Å². The van der Waals surface area contributed by atoms with E-state index in [1.54, 1.807) is 11.8 Å². The maximum atomic E-state index is 12.4. The minimum atomic E-state index is -0.00247. The molecule has 2 aromatic rings. The smallest absolute Gasteiger partial charge is 0.240 e. The molecule has 0 aliphatic carbocycles.